The molecule has 0 radical (unpaired) electrons. The lowest BCUT2D eigenvalue weighted by Crippen LogP contribution is -1.95. The Hall–Kier alpha value is -0.440. The highest BCUT2D eigenvalue weighted by Gasteiger charge is 2.07. The molecular weight excluding hydrogens is 180 g/mol. The van der Waals surface area contributed by atoms with Crippen LogP contribution in [-0.4, -0.2) is 9.36 Å². The normalized spacial score (nSPS) is 13.1. The molecule has 13 heavy (non-hydrogen) atoms. The largest absolute Gasteiger partial charge is 0.228 e. The first-order valence-corrected chi connectivity index (χ1v) is 5.94. The Bertz CT molecular complexity index is 209. The molecule has 1 aromatic rings. The van der Waals surface area contributed by atoms with Crippen molar-refractivity contribution in [2.24, 2.45) is 0 Å². The van der Waals surface area contributed by atoms with Crippen molar-refractivity contribution in [2.75, 3.05) is 0 Å². The van der Waals surface area contributed by atoms with E-state index in [1.165, 1.54) is 43.6 Å². The van der Waals surface area contributed by atoms with Crippen molar-refractivity contribution < 1.29 is 0 Å². The van der Waals surface area contributed by atoms with Gasteiger partial charge in [-0.05, 0) is 18.0 Å². The third-order valence-corrected chi connectivity index (χ3v) is 2.80. The maximum atomic E-state index is 4.25. The van der Waals surface area contributed by atoms with E-state index >= 15 is 0 Å². The Morgan fingerprint density at radius 3 is 2.85 bits per heavy atom. The molecule has 1 heterocycles. The van der Waals surface area contributed by atoms with Crippen LogP contribution in [0.1, 0.15) is 57.7 Å². The van der Waals surface area contributed by atoms with Gasteiger partial charge in [0.15, 0.2) is 0 Å². The van der Waals surface area contributed by atoms with E-state index < -0.39 is 0 Å². The average molecular weight is 198 g/mol. The SMILES string of the molecule is CCCCCCC(C)c1ncsn1. The summed E-state index contributed by atoms with van der Waals surface area (Å²) in [5, 5.41) is 0. The summed E-state index contributed by atoms with van der Waals surface area (Å²) in [6.45, 7) is 4.46. The summed E-state index contributed by atoms with van der Waals surface area (Å²) < 4.78 is 4.25. The van der Waals surface area contributed by atoms with Crippen LogP contribution >= 0.6 is 11.5 Å². The number of hydrogen-bond donors (Lipinski definition) is 0. The Balaban J connectivity index is 2.15. The minimum Gasteiger partial charge on any atom is -0.228 e. The summed E-state index contributed by atoms with van der Waals surface area (Å²) in [6, 6.07) is 0. The summed E-state index contributed by atoms with van der Waals surface area (Å²) in [6.07, 6.45) is 6.57. The fraction of sp³-hybridized carbons (Fsp3) is 0.800. The standard InChI is InChI=1S/C10H18N2S/c1-3-4-5-6-7-9(2)10-11-8-13-12-10/h8-9H,3-7H2,1-2H3. The molecule has 3 heteroatoms. The van der Waals surface area contributed by atoms with Crippen molar-refractivity contribution in [2.45, 2.75) is 51.9 Å². The van der Waals surface area contributed by atoms with E-state index in [9.17, 15) is 0 Å². The highest BCUT2D eigenvalue weighted by molar-refractivity contribution is 7.03. The Labute approximate surface area is 84.6 Å². The van der Waals surface area contributed by atoms with E-state index in [4.69, 9.17) is 0 Å². The van der Waals surface area contributed by atoms with Gasteiger partial charge in [-0.25, -0.2) is 4.98 Å². The first-order chi connectivity index (χ1) is 6.34. The zero-order valence-corrected chi connectivity index (χ0v) is 9.31. The highest BCUT2D eigenvalue weighted by Crippen LogP contribution is 2.19. The third-order valence-electron chi connectivity index (χ3n) is 2.31. The van der Waals surface area contributed by atoms with Crippen LogP contribution < -0.4 is 0 Å². The van der Waals surface area contributed by atoms with E-state index in [1.54, 1.807) is 0 Å². The van der Waals surface area contributed by atoms with E-state index in [2.05, 4.69) is 23.2 Å². The Morgan fingerprint density at radius 2 is 2.23 bits per heavy atom. The van der Waals surface area contributed by atoms with Crippen LogP contribution in [0.15, 0.2) is 5.51 Å². The molecule has 1 atom stereocenters. The van der Waals surface area contributed by atoms with Crippen LogP contribution in [0.3, 0.4) is 0 Å². The van der Waals surface area contributed by atoms with E-state index in [-0.39, 0.29) is 0 Å². The highest BCUT2D eigenvalue weighted by atomic mass is 32.1. The molecule has 1 rings (SSSR count). The van der Waals surface area contributed by atoms with Gasteiger partial charge in [0.2, 0.25) is 0 Å². The molecule has 0 saturated carbocycles. The van der Waals surface area contributed by atoms with Gasteiger partial charge < -0.3 is 0 Å². The van der Waals surface area contributed by atoms with Crippen LogP contribution in [0, 0.1) is 0 Å². The summed E-state index contributed by atoms with van der Waals surface area (Å²) >= 11 is 1.45. The summed E-state index contributed by atoms with van der Waals surface area (Å²) in [7, 11) is 0. The molecule has 2 nitrogen and oxygen atoms in total. The molecule has 0 bridgehead atoms. The van der Waals surface area contributed by atoms with Crippen LogP contribution in [0.25, 0.3) is 0 Å². The maximum absolute atomic E-state index is 4.25. The van der Waals surface area contributed by atoms with Gasteiger partial charge in [-0.1, -0.05) is 39.5 Å². The van der Waals surface area contributed by atoms with Gasteiger partial charge in [-0.2, -0.15) is 4.37 Å². The lowest BCUT2D eigenvalue weighted by atomic mass is 10.0. The van der Waals surface area contributed by atoms with Gasteiger partial charge in [-0.15, -0.1) is 0 Å². The number of nitrogens with zero attached hydrogens (tertiary/aromatic N) is 2. The van der Waals surface area contributed by atoms with Crippen molar-refractivity contribution >= 4 is 11.5 Å². The monoisotopic (exact) mass is 198 g/mol. The topological polar surface area (TPSA) is 25.8 Å². The molecule has 0 aliphatic heterocycles. The number of rotatable bonds is 6. The van der Waals surface area contributed by atoms with Crippen LogP contribution in [0.5, 0.6) is 0 Å². The third kappa shape index (κ3) is 3.85. The van der Waals surface area contributed by atoms with Crippen LogP contribution in [0.2, 0.25) is 0 Å². The van der Waals surface area contributed by atoms with E-state index in [1.807, 2.05) is 5.51 Å². The quantitative estimate of drug-likeness (QED) is 0.652. The van der Waals surface area contributed by atoms with Crippen molar-refractivity contribution in [3.05, 3.63) is 11.3 Å². The van der Waals surface area contributed by atoms with Gasteiger partial charge in [-0.3, -0.25) is 0 Å². The van der Waals surface area contributed by atoms with Crippen molar-refractivity contribution in [3.63, 3.8) is 0 Å². The fourth-order valence-electron chi connectivity index (χ4n) is 1.40. The first kappa shape index (κ1) is 10.6. The summed E-state index contributed by atoms with van der Waals surface area (Å²) in [4.78, 5) is 4.22. The number of aromatic nitrogens is 2. The minimum atomic E-state index is 0.545. The van der Waals surface area contributed by atoms with E-state index in [0.717, 1.165) is 5.82 Å². The van der Waals surface area contributed by atoms with Crippen LogP contribution in [-0.2, 0) is 0 Å². The molecule has 0 N–H and O–H groups in total. The second kappa shape index (κ2) is 6.08. The predicted octanol–water partition coefficient (Wildman–Crippen LogP) is 3.61. The number of unbranched alkanes of at least 4 members (excludes halogenated alkanes) is 3. The molecular formula is C10H18N2S. The second-order valence-electron chi connectivity index (χ2n) is 3.54. The lowest BCUT2D eigenvalue weighted by molar-refractivity contribution is 0.566. The van der Waals surface area contributed by atoms with Gasteiger partial charge in [0.25, 0.3) is 0 Å². The molecule has 0 aliphatic carbocycles. The average Bonchev–Trinajstić information content (AvgIpc) is 2.65. The predicted molar refractivity (Wildman–Crippen MR) is 57.1 cm³/mol. The zero-order chi connectivity index (χ0) is 9.52. The molecule has 1 aromatic heterocycles. The number of hydrogen-bond acceptors (Lipinski definition) is 3. The van der Waals surface area contributed by atoms with Crippen molar-refractivity contribution in [3.8, 4) is 0 Å². The first-order valence-electron chi connectivity index (χ1n) is 5.11. The van der Waals surface area contributed by atoms with Crippen LogP contribution in [0.4, 0.5) is 0 Å². The van der Waals surface area contributed by atoms with Crippen molar-refractivity contribution in [1.29, 1.82) is 0 Å². The van der Waals surface area contributed by atoms with Gasteiger partial charge in [0.05, 0.1) is 0 Å². The Morgan fingerprint density at radius 1 is 1.38 bits per heavy atom. The van der Waals surface area contributed by atoms with Gasteiger partial charge in [0, 0.05) is 5.92 Å². The molecule has 0 spiro atoms. The zero-order valence-electron chi connectivity index (χ0n) is 8.49. The van der Waals surface area contributed by atoms with Crippen molar-refractivity contribution in [1.82, 2.24) is 9.36 Å². The molecule has 1 unspecified atom stereocenters. The van der Waals surface area contributed by atoms with E-state index in [0.29, 0.717) is 5.92 Å². The molecule has 0 fully saturated rings. The molecule has 74 valence electrons. The van der Waals surface area contributed by atoms with Gasteiger partial charge >= 0.3 is 0 Å². The maximum Gasteiger partial charge on any atom is 0.145 e. The lowest BCUT2D eigenvalue weighted by Gasteiger charge is -2.05. The Kier molecular flexibility index (Phi) is 4.98. The smallest absolute Gasteiger partial charge is 0.145 e. The molecule has 0 amide bonds. The molecule has 0 aromatic carbocycles. The summed E-state index contributed by atoms with van der Waals surface area (Å²) in [5.41, 5.74) is 1.82. The fourth-order valence-corrected chi connectivity index (χ4v) is 1.94. The second-order valence-corrected chi connectivity index (χ2v) is 4.14. The molecule has 0 aliphatic rings. The molecule has 0 saturated heterocycles. The summed E-state index contributed by atoms with van der Waals surface area (Å²) in [5.74, 6) is 1.57. The van der Waals surface area contributed by atoms with Gasteiger partial charge in [0.1, 0.15) is 11.3 Å². The minimum absolute atomic E-state index is 0.545.